The highest BCUT2D eigenvalue weighted by Crippen LogP contribution is 2.56. The number of carbonyl (C=O) groups excluding carboxylic acids is 1. The lowest BCUT2D eigenvalue weighted by Gasteiger charge is -2.45. The fourth-order valence-electron chi connectivity index (χ4n) is 6.44. The van der Waals surface area contributed by atoms with Gasteiger partial charge in [-0.1, -0.05) is 39.0 Å². The zero-order chi connectivity index (χ0) is 27.1. The van der Waals surface area contributed by atoms with Crippen molar-refractivity contribution in [2.45, 2.75) is 64.6 Å². The van der Waals surface area contributed by atoms with Gasteiger partial charge < -0.3 is 19.0 Å². The Bertz CT molecular complexity index is 1340. The highest BCUT2D eigenvalue weighted by molar-refractivity contribution is 5.70. The number of rotatable bonds is 8. The molecule has 3 aromatic rings. The van der Waals surface area contributed by atoms with Gasteiger partial charge in [0.05, 0.1) is 13.2 Å². The minimum Gasteiger partial charge on any atom is -0.497 e. The van der Waals surface area contributed by atoms with Gasteiger partial charge in [-0.2, -0.15) is 0 Å². The zero-order valence-electron chi connectivity index (χ0n) is 23.0. The minimum atomic E-state index is -0.309. The second-order valence-electron chi connectivity index (χ2n) is 11.8. The van der Waals surface area contributed by atoms with Crippen LogP contribution in [0.2, 0.25) is 0 Å². The summed E-state index contributed by atoms with van der Waals surface area (Å²) >= 11 is 0. The van der Waals surface area contributed by atoms with E-state index in [1.165, 1.54) is 17.2 Å². The van der Waals surface area contributed by atoms with Gasteiger partial charge in [-0.15, -0.1) is 0 Å². The standard InChI is InChI=1S/C33H37FO4/c1-32(2,3)31(37-5)28-16-21(6-10-26(28)27-17-24(36-4)9-11-30(27)34)20-38-25-8-7-22-12-14-33(29(22)18-25)15-13-23(33)19-35/h6-11,16-19,23,31H,12-15,20H2,1-5H3/t23-,31-,33+/m0/s1. The average Bonchev–Trinajstić information content (AvgIpc) is 3.28. The second-order valence-corrected chi connectivity index (χ2v) is 11.8. The minimum absolute atomic E-state index is 0.00444. The first-order valence-corrected chi connectivity index (χ1v) is 13.4. The van der Waals surface area contributed by atoms with Gasteiger partial charge in [-0.05, 0) is 95.3 Å². The summed E-state index contributed by atoms with van der Waals surface area (Å²) < 4.78 is 32.6. The van der Waals surface area contributed by atoms with Crippen LogP contribution in [0.15, 0.2) is 54.6 Å². The molecule has 0 radical (unpaired) electrons. The number of halogens is 1. The molecule has 0 aliphatic heterocycles. The first-order valence-electron chi connectivity index (χ1n) is 13.4. The molecular formula is C33H37FO4. The quantitative estimate of drug-likeness (QED) is 0.289. The van der Waals surface area contributed by atoms with E-state index in [0.717, 1.165) is 54.4 Å². The third-order valence-electron chi connectivity index (χ3n) is 8.52. The Morgan fingerprint density at radius 1 is 1.00 bits per heavy atom. The Morgan fingerprint density at radius 2 is 1.79 bits per heavy atom. The molecule has 38 heavy (non-hydrogen) atoms. The maximum absolute atomic E-state index is 15.0. The van der Waals surface area contributed by atoms with Gasteiger partial charge in [-0.25, -0.2) is 4.39 Å². The Hall–Kier alpha value is -3.18. The molecule has 0 unspecified atom stereocenters. The van der Waals surface area contributed by atoms with E-state index in [0.29, 0.717) is 17.9 Å². The van der Waals surface area contributed by atoms with Gasteiger partial charge in [0.1, 0.15) is 30.2 Å². The maximum Gasteiger partial charge on any atom is 0.131 e. The fraction of sp³-hybridized carbons (Fsp3) is 0.424. The monoisotopic (exact) mass is 516 g/mol. The summed E-state index contributed by atoms with van der Waals surface area (Å²) in [6.07, 6.45) is 5.00. The molecule has 3 atom stereocenters. The van der Waals surface area contributed by atoms with Crippen LogP contribution in [-0.4, -0.2) is 20.5 Å². The van der Waals surface area contributed by atoms with E-state index in [-0.39, 0.29) is 28.7 Å². The van der Waals surface area contributed by atoms with E-state index in [1.807, 2.05) is 18.2 Å². The molecule has 0 amide bonds. The first-order chi connectivity index (χ1) is 18.2. The fourth-order valence-corrected chi connectivity index (χ4v) is 6.44. The van der Waals surface area contributed by atoms with Crippen molar-refractivity contribution in [1.82, 2.24) is 0 Å². The molecule has 2 aliphatic rings. The molecular weight excluding hydrogens is 479 g/mol. The molecule has 5 heteroatoms. The lowest BCUT2D eigenvalue weighted by atomic mass is 9.58. The largest absolute Gasteiger partial charge is 0.497 e. The molecule has 1 saturated carbocycles. The van der Waals surface area contributed by atoms with E-state index in [2.05, 4.69) is 39.0 Å². The Labute approximate surface area is 225 Å². The summed E-state index contributed by atoms with van der Waals surface area (Å²) in [6.45, 7) is 6.72. The van der Waals surface area contributed by atoms with Crippen molar-refractivity contribution >= 4 is 6.29 Å². The number of hydrogen-bond donors (Lipinski definition) is 0. The summed E-state index contributed by atoms with van der Waals surface area (Å²) in [5, 5.41) is 0. The van der Waals surface area contributed by atoms with Crippen molar-refractivity contribution in [1.29, 1.82) is 0 Å². The van der Waals surface area contributed by atoms with Gasteiger partial charge >= 0.3 is 0 Å². The van der Waals surface area contributed by atoms with E-state index in [9.17, 15) is 4.79 Å². The first kappa shape index (κ1) is 26.4. The molecule has 0 bridgehead atoms. The van der Waals surface area contributed by atoms with Crippen molar-refractivity contribution < 1.29 is 23.4 Å². The van der Waals surface area contributed by atoms with Crippen LogP contribution in [0.5, 0.6) is 11.5 Å². The van der Waals surface area contributed by atoms with Crippen molar-refractivity contribution in [3.05, 3.63) is 82.7 Å². The topological polar surface area (TPSA) is 44.8 Å². The van der Waals surface area contributed by atoms with Gasteiger partial charge in [0.2, 0.25) is 0 Å². The van der Waals surface area contributed by atoms with E-state index in [4.69, 9.17) is 14.2 Å². The van der Waals surface area contributed by atoms with E-state index in [1.54, 1.807) is 26.4 Å². The molecule has 0 heterocycles. The van der Waals surface area contributed by atoms with Crippen LogP contribution in [0.3, 0.4) is 0 Å². The molecule has 2 aliphatic carbocycles. The molecule has 4 nitrogen and oxygen atoms in total. The van der Waals surface area contributed by atoms with Gasteiger partial charge in [0.15, 0.2) is 0 Å². The average molecular weight is 517 g/mol. The second kappa shape index (κ2) is 10.2. The number of hydrogen-bond acceptors (Lipinski definition) is 4. The third kappa shape index (κ3) is 4.62. The van der Waals surface area contributed by atoms with Crippen LogP contribution in [0.1, 0.15) is 68.4 Å². The van der Waals surface area contributed by atoms with E-state index >= 15 is 4.39 Å². The number of carbonyl (C=O) groups is 1. The molecule has 5 rings (SSSR count). The van der Waals surface area contributed by atoms with Crippen LogP contribution in [-0.2, 0) is 28.0 Å². The SMILES string of the molecule is COc1ccc(F)c(-c2ccc(COc3ccc4c(c3)[C@]3(CC4)CC[C@H]3C=O)cc2[C@H](OC)C(C)(C)C)c1. The molecule has 200 valence electrons. The summed E-state index contributed by atoms with van der Waals surface area (Å²) in [4.78, 5) is 11.7. The van der Waals surface area contributed by atoms with Crippen LogP contribution in [0.4, 0.5) is 4.39 Å². The lowest BCUT2D eigenvalue weighted by Crippen LogP contribution is -2.43. The highest BCUT2D eigenvalue weighted by Gasteiger charge is 2.51. The lowest BCUT2D eigenvalue weighted by molar-refractivity contribution is -0.116. The van der Waals surface area contributed by atoms with Crippen LogP contribution < -0.4 is 9.47 Å². The van der Waals surface area contributed by atoms with Crippen LogP contribution >= 0.6 is 0 Å². The summed E-state index contributed by atoms with van der Waals surface area (Å²) in [5.74, 6) is 1.22. The third-order valence-corrected chi connectivity index (χ3v) is 8.52. The number of aryl methyl sites for hydroxylation is 1. The molecule has 1 fully saturated rings. The maximum atomic E-state index is 15.0. The normalized spacial score (nSPS) is 21.1. The molecule has 0 aromatic heterocycles. The summed E-state index contributed by atoms with van der Waals surface area (Å²) in [7, 11) is 3.27. The number of methoxy groups -OCH3 is 2. The predicted octanol–water partition coefficient (Wildman–Crippen LogP) is 7.61. The molecule has 1 spiro atoms. The Balaban J connectivity index is 1.46. The zero-order valence-corrected chi connectivity index (χ0v) is 23.0. The van der Waals surface area contributed by atoms with Crippen molar-refractivity contribution in [2.75, 3.05) is 14.2 Å². The Kier molecular flexibility index (Phi) is 7.08. The molecule has 3 aromatic carbocycles. The van der Waals surface area contributed by atoms with Gasteiger partial charge in [-0.3, -0.25) is 0 Å². The van der Waals surface area contributed by atoms with Crippen LogP contribution in [0, 0.1) is 17.2 Å². The number of ether oxygens (including phenoxy) is 3. The number of fused-ring (bicyclic) bond motifs is 2. The van der Waals surface area contributed by atoms with Crippen molar-refractivity contribution in [3.8, 4) is 22.6 Å². The molecule has 0 N–H and O–H groups in total. The molecule has 0 saturated heterocycles. The van der Waals surface area contributed by atoms with Crippen molar-refractivity contribution in [3.63, 3.8) is 0 Å². The number of aldehydes is 1. The van der Waals surface area contributed by atoms with E-state index < -0.39 is 0 Å². The van der Waals surface area contributed by atoms with Crippen LogP contribution in [0.25, 0.3) is 11.1 Å². The highest BCUT2D eigenvalue weighted by atomic mass is 19.1. The number of benzene rings is 3. The predicted molar refractivity (Wildman–Crippen MR) is 147 cm³/mol. The van der Waals surface area contributed by atoms with Crippen molar-refractivity contribution in [2.24, 2.45) is 11.3 Å². The summed E-state index contributed by atoms with van der Waals surface area (Å²) in [5.41, 5.74) is 5.55. The Morgan fingerprint density at radius 3 is 2.45 bits per heavy atom. The summed E-state index contributed by atoms with van der Waals surface area (Å²) in [6, 6.07) is 17.1. The van der Waals surface area contributed by atoms with Gasteiger partial charge in [0, 0.05) is 24.0 Å². The van der Waals surface area contributed by atoms with Gasteiger partial charge in [0.25, 0.3) is 0 Å². The smallest absolute Gasteiger partial charge is 0.131 e.